The fraction of sp³-hybridized carbons (Fsp3) is 0.500. The Morgan fingerprint density at radius 3 is 2.51 bits per heavy atom. The maximum atomic E-state index is 12.9. The van der Waals surface area contributed by atoms with E-state index in [-0.39, 0.29) is 5.91 Å². The predicted octanol–water partition coefficient (Wildman–Crippen LogP) is 3.48. The van der Waals surface area contributed by atoms with Crippen LogP contribution in [-0.2, 0) is 17.9 Å². The molecule has 35 heavy (non-hydrogen) atoms. The number of amides is 1. The summed E-state index contributed by atoms with van der Waals surface area (Å²) in [7, 11) is 3.18. The number of nitrogens with one attached hydrogen (secondary N) is 1. The van der Waals surface area contributed by atoms with Gasteiger partial charge in [0.2, 0.25) is 5.88 Å². The van der Waals surface area contributed by atoms with Crippen LogP contribution < -0.4 is 10.1 Å². The van der Waals surface area contributed by atoms with Crippen LogP contribution in [0, 0.1) is 6.92 Å². The fourth-order valence-electron chi connectivity index (χ4n) is 4.46. The van der Waals surface area contributed by atoms with Crippen molar-refractivity contribution in [2.75, 3.05) is 53.5 Å². The smallest absolute Gasteiger partial charge is 0.261 e. The molecule has 0 radical (unpaired) electrons. The molecule has 1 saturated heterocycles. The monoisotopic (exact) mass is 497 g/mol. The zero-order valence-corrected chi connectivity index (χ0v) is 21.7. The molecule has 3 aromatic rings. The number of ether oxygens (including phenoxy) is 2. The summed E-state index contributed by atoms with van der Waals surface area (Å²) in [4.78, 5) is 28.3. The van der Waals surface area contributed by atoms with Gasteiger partial charge in [-0.05, 0) is 37.4 Å². The Balaban J connectivity index is 1.20. The van der Waals surface area contributed by atoms with E-state index in [1.54, 1.807) is 14.2 Å². The van der Waals surface area contributed by atoms with Gasteiger partial charge in [0.25, 0.3) is 5.91 Å². The van der Waals surface area contributed by atoms with E-state index in [0.29, 0.717) is 29.7 Å². The molecule has 8 nitrogen and oxygen atoms in total. The molecule has 1 N–H and O–H groups in total. The molecule has 0 saturated carbocycles. The molecule has 0 atom stereocenters. The lowest BCUT2D eigenvalue weighted by Gasteiger charge is -2.34. The van der Waals surface area contributed by atoms with Gasteiger partial charge in [0.1, 0.15) is 11.4 Å². The third-order valence-electron chi connectivity index (χ3n) is 6.38. The van der Waals surface area contributed by atoms with Gasteiger partial charge in [-0.25, -0.2) is 4.98 Å². The molecule has 3 heterocycles. The minimum atomic E-state index is -0.0598. The molecule has 1 fully saturated rings. The van der Waals surface area contributed by atoms with Crippen molar-refractivity contribution in [3.8, 4) is 5.88 Å². The number of rotatable bonds is 11. The molecule has 1 aliphatic heterocycles. The first-order chi connectivity index (χ1) is 17.1. The Morgan fingerprint density at radius 2 is 1.80 bits per heavy atom. The minimum Gasteiger partial charge on any atom is -0.480 e. The zero-order chi connectivity index (χ0) is 24.6. The molecule has 2 aromatic heterocycles. The van der Waals surface area contributed by atoms with Crippen LogP contribution >= 0.6 is 11.3 Å². The predicted molar refractivity (Wildman–Crippen MR) is 139 cm³/mol. The van der Waals surface area contributed by atoms with Crippen LogP contribution in [0.5, 0.6) is 5.88 Å². The molecule has 9 heteroatoms. The first-order valence-electron chi connectivity index (χ1n) is 12.2. The SMILES string of the molecule is COCc1nc(OC)c2c(C)c(C(=O)NCCCCN3CCN(Cc4ccccc4)CC3)sc2n1. The third kappa shape index (κ3) is 6.55. The maximum absolute atomic E-state index is 12.9. The second-order valence-electron chi connectivity index (χ2n) is 8.88. The number of hydrogen-bond acceptors (Lipinski definition) is 8. The van der Waals surface area contributed by atoms with Crippen molar-refractivity contribution in [2.45, 2.75) is 32.9 Å². The highest BCUT2D eigenvalue weighted by molar-refractivity contribution is 7.20. The third-order valence-corrected chi connectivity index (χ3v) is 7.56. The quantitative estimate of drug-likeness (QED) is 0.406. The number of benzene rings is 1. The van der Waals surface area contributed by atoms with E-state index < -0.39 is 0 Å². The second-order valence-corrected chi connectivity index (χ2v) is 9.88. The molecule has 1 amide bonds. The van der Waals surface area contributed by atoms with Gasteiger partial charge in [0, 0.05) is 46.4 Å². The molecule has 0 bridgehead atoms. The molecular weight excluding hydrogens is 462 g/mol. The molecule has 0 spiro atoms. The van der Waals surface area contributed by atoms with E-state index >= 15 is 0 Å². The molecule has 4 rings (SSSR count). The molecular formula is C26H35N5O3S. The van der Waals surface area contributed by atoms with Crippen molar-refractivity contribution in [1.29, 1.82) is 0 Å². The lowest BCUT2D eigenvalue weighted by molar-refractivity contribution is 0.0954. The summed E-state index contributed by atoms with van der Waals surface area (Å²) in [6.07, 6.45) is 2.03. The van der Waals surface area contributed by atoms with Gasteiger partial charge in [0.15, 0.2) is 5.82 Å². The van der Waals surface area contributed by atoms with Gasteiger partial charge in [0.05, 0.1) is 17.4 Å². The van der Waals surface area contributed by atoms with Gasteiger partial charge in [-0.15, -0.1) is 11.3 Å². The first kappa shape index (κ1) is 25.5. The summed E-state index contributed by atoms with van der Waals surface area (Å²) in [5.74, 6) is 0.972. The van der Waals surface area contributed by atoms with Crippen LogP contribution in [0.4, 0.5) is 0 Å². The number of carbonyl (C=O) groups excluding carboxylic acids is 1. The van der Waals surface area contributed by atoms with E-state index in [9.17, 15) is 4.79 Å². The number of piperazine rings is 1. The Labute approximate surface area is 211 Å². The summed E-state index contributed by atoms with van der Waals surface area (Å²) < 4.78 is 10.6. The van der Waals surface area contributed by atoms with Crippen molar-refractivity contribution < 1.29 is 14.3 Å². The van der Waals surface area contributed by atoms with Crippen molar-refractivity contribution in [2.24, 2.45) is 0 Å². The summed E-state index contributed by atoms with van der Waals surface area (Å²) in [5.41, 5.74) is 2.24. The van der Waals surface area contributed by atoms with Crippen molar-refractivity contribution in [3.63, 3.8) is 0 Å². The van der Waals surface area contributed by atoms with E-state index in [4.69, 9.17) is 9.47 Å². The van der Waals surface area contributed by atoms with Gasteiger partial charge in [-0.2, -0.15) is 4.98 Å². The van der Waals surface area contributed by atoms with Crippen molar-refractivity contribution in [1.82, 2.24) is 25.1 Å². The van der Waals surface area contributed by atoms with Crippen LogP contribution in [0.1, 0.15) is 39.5 Å². The average molecular weight is 498 g/mol. The second kappa shape index (κ2) is 12.4. The highest BCUT2D eigenvalue weighted by Crippen LogP contribution is 2.35. The number of aryl methyl sites for hydroxylation is 1. The highest BCUT2D eigenvalue weighted by atomic mass is 32.1. The van der Waals surface area contributed by atoms with Crippen LogP contribution in [0.25, 0.3) is 10.2 Å². The van der Waals surface area contributed by atoms with Crippen LogP contribution in [-0.4, -0.2) is 79.2 Å². The van der Waals surface area contributed by atoms with E-state index in [0.717, 1.165) is 67.9 Å². The van der Waals surface area contributed by atoms with Gasteiger partial charge in [-0.3, -0.25) is 9.69 Å². The lowest BCUT2D eigenvalue weighted by Crippen LogP contribution is -2.46. The number of aromatic nitrogens is 2. The summed E-state index contributed by atoms with van der Waals surface area (Å²) >= 11 is 1.38. The molecule has 1 aliphatic rings. The van der Waals surface area contributed by atoms with Gasteiger partial charge < -0.3 is 19.7 Å². The number of fused-ring (bicyclic) bond motifs is 1. The van der Waals surface area contributed by atoms with E-state index in [1.165, 1.54) is 16.9 Å². The number of carbonyl (C=O) groups is 1. The van der Waals surface area contributed by atoms with Gasteiger partial charge in [-0.1, -0.05) is 30.3 Å². The molecule has 0 aliphatic carbocycles. The van der Waals surface area contributed by atoms with Gasteiger partial charge >= 0.3 is 0 Å². The molecule has 0 unspecified atom stereocenters. The summed E-state index contributed by atoms with van der Waals surface area (Å²) in [6.45, 7) is 9.42. The molecule has 1 aromatic carbocycles. The number of hydrogen-bond donors (Lipinski definition) is 1. The van der Waals surface area contributed by atoms with Crippen LogP contribution in [0.3, 0.4) is 0 Å². The number of unbranched alkanes of at least 4 members (excludes halogenated alkanes) is 1. The van der Waals surface area contributed by atoms with Crippen LogP contribution in [0.15, 0.2) is 30.3 Å². The van der Waals surface area contributed by atoms with Crippen molar-refractivity contribution >= 4 is 27.5 Å². The summed E-state index contributed by atoms with van der Waals surface area (Å²) in [5, 5.41) is 3.88. The van der Waals surface area contributed by atoms with Crippen molar-refractivity contribution in [3.05, 3.63) is 52.2 Å². The maximum Gasteiger partial charge on any atom is 0.261 e. The Kier molecular flexibility index (Phi) is 9.03. The summed E-state index contributed by atoms with van der Waals surface area (Å²) in [6, 6.07) is 10.7. The standard InChI is InChI=1S/C26H35N5O3S/c1-19-22-25(34-3)28-21(18-33-2)29-26(22)35-23(19)24(32)27-11-7-8-12-30-13-15-31(16-14-30)17-20-9-5-4-6-10-20/h4-6,9-10H,7-8,11-18H2,1-3H3,(H,27,32). The topological polar surface area (TPSA) is 79.8 Å². The number of methoxy groups -OCH3 is 2. The zero-order valence-electron chi connectivity index (χ0n) is 20.9. The normalized spacial score (nSPS) is 14.9. The lowest BCUT2D eigenvalue weighted by atomic mass is 10.2. The number of thiophene rings is 1. The molecule has 188 valence electrons. The Morgan fingerprint density at radius 1 is 1.06 bits per heavy atom. The van der Waals surface area contributed by atoms with E-state index in [1.807, 2.05) is 6.92 Å². The first-order valence-corrected chi connectivity index (χ1v) is 13.0. The Hall–Kier alpha value is -2.59. The highest BCUT2D eigenvalue weighted by Gasteiger charge is 2.21. The average Bonchev–Trinajstić information content (AvgIpc) is 3.21. The van der Waals surface area contributed by atoms with Crippen LogP contribution in [0.2, 0.25) is 0 Å². The number of nitrogens with zero attached hydrogens (tertiary/aromatic N) is 4. The minimum absolute atomic E-state index is 0.0598. The Bertz CT molecular complexity index is 1110. The fourth-order valence-corrected chi connectivity index (χ4v) is 5.56. The van der Waals surface area contributed by atoms with E-state index in [2.05, 4.69) is 55.4 Å². The largest absolute Gasteiger partial charge is 0.480 e.